The third-order valence-corrected chi connectivity index (χ3v) is 5.39. The van der Waals surface area contributed by atoms with Crippen LogP contribution in [0.25, 0.3) is 11.0 Å². The molecule has 0 radical (unpaired) electrons. The molecule has 1 aromatic carbocycles. The lowest BCUT2D eigenvalue weighted by Crippen LogP contribution is -2.45. The zero-order chi connectivity index (χ0) is 18.1. The molecule has 2 atom stereocenters. The molecule has 2 saturated heterocycles. The van der Waals surface area contributed by atoms with Gasteiger partial charge in [0.05, 0.1) is 42.8 Å². The number of aromatic amines is 1. The summed E-state index contributed by atoms with van der Waals surface area (Å²) in [7, 11) is 0. The number of benzene rings is 1. The van der Waals surface area contributed by atoms with Crippen molar-refractivity contribution >= 4 is 16.9 Å². The standard InChI is InChI=1S/C19H26N4O3/c1-13-20-15-4-3-14(9-16(15)21-13)10-19(25)23-6-2-5-22(7-8-23)17-11-26-12-18(17)24/h3-4,9,17-18,24H,2,5-8,10-12H2,1H3,(H,20,21)/t17-,18-/m0/s1. The van der Waals surface area contributed by atoms with Crippen LogP contribution in [0, 0.1) is 6.92 Å². The van der Waals surface area contributed by atoms with Crippen molar-refractivity contribution in [1.29, 1.82) is 0 Å². The highest BCUT2D eigenvalue weighted by molar-refractivity contribution is 5.81. The van der Waals surface area contributed by atoms with Crippen molar-refractivity contribution in [2.75, 3.05) is 39.4 Å². The van der Waals surface area contributed by atoms with Gasteiger partial charge in [-0.2, -0.15) is 0 Å². The van der Waals surface area contributed by atoms with Crippen molar-refractivity contribution in [3.63, 3.8) is 0 Å². The normalized spacial score (nSPS) is 24.9. The number of hydrogen-bond donors (Lipinski definition) is 2. The van der Waals surface area contributed by atoms with Gasteiger partial charge in [0, 0.05) is 26.2 Å². The highest BCUT2D eigenvalue weighted by Gasteiger charge is 2.33. The third kappa shape index (κ3) is 3.60. The molecule has 0 bridgehead atoms. The Balaban J connectivity index is 1.38. The molecular weight excluding hydrogens is 332 g/mol. The Morgan fingerprint density at radius 1 is 1.31 bits per heavy atom. The molecule has 2 aromatic rings. The first kappa shape index (κ1) is 17.5. The van der Waals surface area contributed by atoms with E-state index in [-0.39, 0.29) is 11.9 Å². The Bertz CT molecular complexity index is 790. The quantitative estimate of drug-likeness (QED) is 0.844. The average molecular weight is 358 g/mol. The number of rotatable bonds is 3. The van der Waals surface area contributed by atoms with Crippen molar-refractivity contribution < 1.29 is 14.6 Å². The largest absolute Gasteiger partial charge is 0.389 e. The molecule has 2 aliphatic rings. The number of hydrogen-bond acceptors (Lipinski definition) is 5. The van der Waals surface area contributed by atoms with Crippen molar-refractivity contribution in [2.24, 2.45) is 0 Å². The minimum Gasteiger partial charge on any atom is -0.389 e. The number of nitrogens with zero attached hydrogens (tertiary/aromatic N) is 3. The number of carbonyl (C=O) groups excluding carboxylic acids is 1. The minimum absolute atomic E-state index is 0.0658. The number of imidazole rings is 1. The molecule has 26 heavy (non-hydrogen) atoms. The lowest BCUT2D eigenvalue weighted by atomic mass is 10.1. The maximum Gasteiger partial charge on any atom is 0.227 e. The van der Waals surface area contributed by atoms with Gasteiger partial charge in [0.15, 0.2) is 0 Å². The molecule has 4 rings (SSSR count). The molecule has 0 aliphatic carbocycles. The smallest absolute Gasteiger partial charge is 0.227 e. The van der Waals surface area contributed by atoms with E-state index >= 15 is 0 Å². The summed E-state index contributed by atoms with van der Waals surface area (Å²) in [5, 5.41) is 10.0. The average Bonchev–Trinajstić information content (AvgIpc) is 3.10. The van der Waals surface area contributed by atoms with E-state index in [1.807, 2.05) is 30.0 Å². The van der Waals surface area contributed by atoms with Gasteiger partial charge in [0.1, 0.15) is 5.82 Å². The van der Waals surface area contributed by atoms with Crippen LogP contribution in [0.1, 0.15) is 17.8 Å². The van der Waals surface area contributed by atoms with Gasteiger partial charge >= 0.3 is 0 Å². The summed E-state index contributed by atoms with van der Waals surface area (Å²) in [6.45, 7) is 6.08. The highest BCUT2D eigenvalue weighted by atomic mass is 16.5. The summed E-state index contributed by atoms with van der Waals surface area (Å²) in [5.74, 6) is 1.04. The van der Waals surface area contributed by atoms with E-state index in [1.54, 1.807) is 0 Å². The number of carbonyl (C=O) groups is 1. The highest BCUT2D eigenvalue weighted by Crippen LogP contribution is 2.18. The van der Waals surface area contributed by atoms with Crippen LogP contribution >= 0.6 is 0 Å². The molecule has 0 spiro atoms. The van der Waals surface area contributed by atoms with E-state index in [2.05, 4.69) is 14.9 Å². The summed E-state index contributed by atoms with van der Waals surface area (Å²) in [6.07, 6.45) is 0.915. The second-order valence-corrected chi connectivity index (χ2v) is 7.29. The van der Waals surface area contributed by atoms with Crippen LogP contribution in [0.3, 0.4) is 0 Å². The van der Waals surface area contributed by atoms with Crippen LogP contribution in [-0.2, 0) is 16.0 Å². The number of nitrogens with one attached hydrogen (secondary N) is 1. The molecule has 1 aromatic heterocycles. The van der Waals surface area contributed by atoms with Gasteiger partial charge in [-0.15, -0.1) is 0 Å². The zero-order valence-corrected chi connectivity index (χ0v) is 15.1. The molecule has 7 heteroatoms. The van der Waals surface area contributed by atoms with Crippen molar-refractivity contribution in [1.82, 2.24) is 19.8 Å². The van der Waals surface area contributed by atoms with Crippen LogP contribution in [0.15, 0.2) is 18.2 Å². The molecule has 0 saturated carbocycles. The maximum absolute atomic E-state index is 12.8. The zero-order valence-electron chi connectivity index (χ0n) is 15.1. The second kappa shape index (κ2) is 7.34. The molecule has 2 aliphatic heterocycles. The Hall–Kier alpha value is -1.96. The summed E-state index contributed by atoms with van der Waals surface area (Å²) in [5.41, 5.74) is 2.92. The first-order chi connectivity index (χ1) is 12.6. The molecule has 2 fully saturated rings. The summed E-state index contributed by atoms with van der Waals surface area (Å²) >= 11 is 0. The van der Waals surface area contributed by atoms with Gasteiger partial charge in [-0.1, -0.05) is 6.07 Å². The van der Waals surface area contributed by atoms with Crippen LogP contribution < -0.4 is 0 Å². The fourth-order valence-electron chi connectivity index (χ4n) is 3.98. The Labute approximate surface area is 152 Å². The minimum atomic E-state index is -0.415. The second-order valence-electron chi connectivity index (χ2n) is 7.29. The fourth-order valence-corrected chi connectivity index (χ4v) is 3.98. The number of ether oxygens (including phenoxy) is 1. The van der Waals surface area contributed by atoms with Crippen molar-refractivity contribution in [3.8, 4) is 0 Å². The maximum atomic E-state index is 12.8. The first-order valence-electron chi connectivity index (χ1n) is 9.33. The molecule has 140 valence electrons. The fraction of sp³-hybridized carbons (Fsp3) is 0.579. The van der Waals surface area contributed by atoms with E-state index in [1.165, 1.54) is 0 Å². The summed E-state index contributed by atoms with van der Waals surface area (Å²) in [4.78, 5) is 24.6. The van der Waals surface area contributed by atoms with Gasteiger partial charge in [-0.05, 0) is 31.0 Å². The molecule has 0 unspecified atom stereocenters. The number of aryl methyl sites for hydroxylation is 1. The van der Waals surface area contributed by atoms with Gasteiger partial charge < -0.3 is 19.7 Å². The van der Waals surface area contributed by atoms with Crippen LogP contribution in [0.2, 0.25) is 0 Å². The lowest BCUT2D eigenvalue weighted by Gasteiger charge is -2.28. The van der Waals surface area contributed by atoms with Gasteiger partial charge in [0.2, 0.25) is 5.91 Å². The van der Waals surface area contributed by atoms with Crippen LogP contribution in [0.4, 0.5) is 0 Å². The molecular formula is C19H26N4O3. The van der Waals surface area contributed by atoms with E-state index < -0.39 is 6.10 Å². The van der Waals surface area contributed by atoms with E-state index in [0.717, 1.165) is 48.5 Å². The number of aliphatic hydroxyl groups is 1. The van der Waals surface area contributed by atoms with Gasteiger partial charge in [0.25, 0.3) is 0 Å². The lowest BCUT2D eigenvalue weighted by molar-refractivity contribution is -0.130. The van der Waals surface area contributed by atoms with Gasteiger partial charge in [-0.3, -0.25) is 9.69 Å². The number of aliphatic hydroxyl groups excluding tert-OH is 1. The molecule has 2 N–H and O–H groups in total. The van der Waals surface area contributed by atoms with Crippen molar-refractivity contribution in [3.05, 3.63) is 29.6 Å². The molecule has 7 nitrogen and oxygen atoms in total. The van der Waals surface area contributed by atoms with E-state index in [9.17, 15) is 9.90 Å². The molecule has 3 heterocycles. The third-order valence-electron chi connectivity index (χ3n) is 5.39. The van der Waals surface area contributed by atoms with Crippen LogP contribution in [-0.4, -0.2) is 82.3 Å². The topological polar surface area (TPSA) is 81.7 Å². The number of H-pyrrole nitrogens is 1. The Kier molecular flexibility index (Phi) is 4.93. The summed E-state index contributed by atoms with van der Waals surface area (Å²) in [6, 6.07) is 6.03. The van der Waals surface area contributed by atoms with Crippen molar-refractivity contribution in [2.45, 2.75) is 31.9 Å². The Morgan fingerprint density at radius 3 is 3.00 bits per heavy atom. The number of fused-ring (bicyclic) bond motifs is 1. The predicted molar refractivity (Wildman–Crippen MR) is 97.9 cm³/mol. The molecule has 1 amide bonds. The van der Waals surface area contributed by atoms with Gasteiger partial charge in [-0.25, -0.2) is 4.98 Å². The summed E-state index contributed by atoms with van der Waals surface area (Å²) < 4.78 is 5.37. The predicted octanol–water partition coefficient (Wildman–Crippen LogP) is 0.708. The van der Waals surface area contributed by atoms with E-state index in [4.69, 9.17) is 4.74 Å². The SMILES string of the molecule is Cc1nc2ccc(CC(=O)N3CCCN([C@H]4COC[C@@H]4O)CC3)cc2[nH]1. The van der Waals surface area contributed by atoms with E-state index in [0.29, 0.717) is 26.2 Å². The number of amides is 1. The van der Waals surface area contributed by atoms with Crippen LogP contribution in [0.5, 0.6) is 0 Å². The monoisotopic (exact) mass is 358 g/mol. The first-order valence-corrected chi connectivity index (χ1v) is 9.33. The number of aromatic nitrogens is 2. The Morgan fingerprint density at radius 2 is 2.19 bits per heavy atom.